The summed E-state index contributed by atoms with van der Waals surface area (Å²) in [6, 6.07) is 14.0. The van der Waals surface area contributed by atoms with Crippen molar-refractivity contribution in [1.82, 2.24) is 15.0 Å². The Kier molecular flexibility index (Phi) is 4.07. The van der Waals surface area contributed by atoms with E-state index in [1.807, 2.05) is 42.6 Å². The van der Waals surface area contributed by atoms with Crippen molar-refractivity contribution in [2.45, 2.75) is 4.90 Å². The topological polar surface area (TPSA) is 55.7 Å². The van der Waals surface area contributed by atoms with Gasteiger partial charge in [-0.2, -0.15) is 0 Å². The molecular weight excluding hydrogens is 330 g/mol. The Bertz CT molecular complexity index is 1080. The van der Waals surface area contributed by atoms with Crippen LogP contribution in [0.2, 0.25) is 0 Å². The second-order valence-electron chi connectivity index (χ2n) is 5.69. The van der Waals surface area contributed by atoms with Crippen molar-refractivity contribution in [3.8, 4) is 22.3 Å². The van der Waals surface area contributed by atoms with Gasteiger partial charge in [0, 0.05) is 48.2 Å². The van der Waals surface area contributed by atoms with Crippen LogP contribution in [-0.4, -0.2) is 25.4 Å². The van der Waals surface area contributed by atoms with Gasteiger partial charge in [-0.3, -0.25) is 19.2 Å². The van der Waals surface area contributed by atoms with Crippen LogP contribution in [0.3, 0.4) is 0 Å². The molecule has 0 saturated carbocycles. The minimum Gasteiger partial charge on any atom is -0.265 e. The molecule has 1 unspecified atom stereocenters. The number of hydrogen-bond acceptors (Lipinski definition) is 4. The molecule has 0 spiro atoms. The Morgan fingerprint density at radius 2 is 1.64 bits per heavy atom. The highest BCUT2D eigenvalue weighted by molar-refractivity contribution is 7.84. The molecule has 0 saturated heterocycles. The van der Waals surface area contributed by atoms with Crippen LogP contribution in [0.15, 0.2) is 78.3 Å². The Balaban J connectivity index is 1.90. The van der Waals surface area contributed by atoms with Crippen LogP contribution in [0.25, 0.3) is 33.2 Å². The molecule has 0 aliphatic carbocycles. The summed E-state index contributed by atoms with van der Waals surface area (Å²) >= 11 is 0. The van der Waals surface area contributed by atoms with Crippen molar-refractivity contribution in [3.63, 3.8) is 0 Å². The number of benzene rings is 1. The average molecular weight is 345 g/mol. The standard InChI is InChI=1S/C20H15N3OS/c1-25(24)17-10-16(12-22-13-17)15-2-3-20-19(11-15)18(6-9-23-20)14-4-7-21-8-5-14/h2-13H,1H3. The van der Waals surface area contributed by atoms with E-state index in [0.29, 0.717) is 0 Å². The first-order chi connectivity index (χ1) is 12.2. The molecule has 122 valence electrons. The van der Waals surface area contributed by atoms with Gasteiger partial charge in [0.15, 0.2) is 0 Å². The molecule has 25 heavy (non-hydrogen) atoms. The van der Waals surface area contributed by atoms with E-state index in [1.165, 1.54) is 0 Å². The van der Waals surface area contributed by atoms with E-state index < -0.39 is 10.8 Å². The second kappa shape index (κ2) is 6.53. The maximum Gasteiger partial charge on any atom is 0.0708 e. The normalized spacial score (nSPS) is 12.2. The summed E-state index contributed by atoms with van der Waals surface area (Å²) in [5.41, 5.74) is 5.11. The Hall–Kier alpha value is -2.92. The van der Waals surface area contributed by atoms with E-state index in [0.717, 1.165) is 38.1 Å². The van der Waals surface area contributed by atoms with Gasteiger partial charge in [0.05, 0.1) is 21.2 Å². The molecule has 1 aromatic carbocycles. The molecule has 4 nitrogen and oxygen atoms in total. The fourth-order valence-corrected chi connectivity index (χ4v) is 3.35. The summed E-state index contributed by atoms with van der Waals surface area (Å²) < 4.78 is 11.7. The third-order valence-electron chi connectivity index (χ3n) is 4.11. The molecule has 1 atom stereocenters. The molecule has 3 aromatic heterocycles. The van der Waals surface area contributed by atoms with E-state index in [-0.39, 0.29) is 0 Å². The molecule has 0 aliphatic rings. The molecule has 4 aromatic rings. The van der Waals surface area contributed by atoms with Gasteiger partial charge in [-0.15, -0.1) is 0 Å². The summed E-state index contributed by atoms with van der Waals surface area (Å²) in [5, 5.41) is 1.06. The lowest BCUT2D eigenvalue weighted by Crippen LogP contribution is -1.91. The first-order valence-corrected chi connectivity index (χ1v) is 9.36. The minimum atomic E-state index is -1.06. The van der Waals surface area contributed by atoms with Gasteiger partial charge in [-0.1, -0.05) is 6.07 Å². The van der Waals surface area contributed by atoms with Crippen molar-refractivity contribution >= 4 is 21.7 Å². The monoisotopic (exact) mass is 345 g/mol. The fraction of sp³-hybridized carbons (Fsp3) is 0.0500. The summed E-state index contributed by atoms with van der Waals surface area (Å²) in [5.74, 6) is 0. The number of nitrogens with zero attached hydrogens (tertiary/aromatic N) is 3. The maximum atomic E-state index is 11.7. The van der Waals surface area contributed by atoms with Crippen molar-refractivity contribution in [1.29, 1.82) is 0 Å². The van der Waals surface area contributed by atoms with Gasteiger partial charge in [0.1, 0.15) is 0 Å². The van der Waals surface area contributed by atoms with Crippen LogP contribution in [0, 0.1) is 0 Å². The quantitative estimate of drug-likeness (QED) is 0.561. The molecule has 0 bridgehead atoms. The largest absolute Gasteiger partial charge is 0.265 e. The van der Waals surface area contributed by atoms with Gasteiger partial charge < -0.3 is 0 Å². The number of hydrogen-bond donors (Lipinski definition) is 0. The van der Waals surface area contributed by atoms with Crippen LogP contribution in [0.5, 0.6) is 0 Å². The first kappa shape index (κ1) is 15.6. The summed E-state index contributed by atoms with van der Waals surface area (Å²) in [6.45, 7) is 0. The lowest BCUT2D eigenvalue weighted by Gasteiger charge is -2.09. The number of pyridine rings is 3. The predicted octanol–water partition coefficient (Wildman–Crippen LogP) is 4.10. The predicted molar refractivity (Wildman–Crippen MR) is 101 cm³/mol. The SMILES string of the molecule is CS(=O)c1cncc(-c2ccc3nccc(-c4ccncc4)c3c2)c1. The minimum absolute atomic E-state index is 0.721. The van der Waals surface area contributed by atoms with Crippen molar-refractivity contribution in [2.75, 3.05) is 6.26 Å². The lowest BCUT2D eigenvalue weighted by molar-refractivity contribution is 0.686. The maximum absolute atomic E-state index is 11.7. The van der Waals surface area contributed by atoms with Crippen LogP contribution >= 0.6 is 0 Å². The van der Waals surface area contributed by atoms with Gasteiger partial charge in [0.25, 0.3) is 0 Å². The highest BCUT2D eigenvalue weighted by Gasteiger charge is 2.08. The van der Waals surface area contributed by atoms with E-state index in [9.17, 15) is 4.21 Å². The van der Waals surface area contributed by atoms with E-state index in [1.54, 1.807) is 31.0 Å². The van der Waals surface area contributed by atoms with Crippen molar-refractivity contribution < 1.29 is 4.21 Å². The fourth-order valence-electron chi connectivity index (χ4n) is 2.84. The number of rotatable bonds is 3. The second-order valence-corrected chi connectivity index (χ2v) is 7.07. The molecule has 0 radical (unpaired) electrons. The van der Waals surface area contributed by atoms with Crippen molar-refractivity contribution in [3.05, 3.63) is 73.4 Å². The Morgan fingerprint density at radius 3 is 2.44 bits per heavy atom. The van der Waals surface area contributed by atoms with Gasteiger partial charge in [-0.25, -0.2) is 0 Å². The lowest BCUT2D eigenvalue weighted by atomic mass is 9.98. The highest BCUT2D eigenvalue weighted by atomic mass is 32.2. The highest BCUT2D eigenvalue weighted by Crippen LogP contribution is 2.31. The van der Waals surface area contributed by atoms with Gasteiger partial charge in [0.2, 0.25) is 0 Å². The van der Waals surface area contributed by atoms with Gasteiger partial charge >= 0.3 is 0 Å². The zero-order valence-corrected chi connectivity index (χ0v) is 14.4. The smallest absolute Gasteiger partial charge is 0.0708 e. The average Bonchev–Trinajstić information content (AvgIpc) is 2.68. The summed E-state index contributed by atoms with van der Waals surface area (Å²) in [7, 11) is -1.06. The molecule has 0 N–H and O–H groups in total. The van der Waals surface area contributed by atoms with E-state index in [2.05, 4.69) is 21.0 Å². The van der Waals surface area contributed by atoms with E-state index >= 15 is 0 Å². The molecular formula is C20H15N3OS. The molecule has 0 fully saturated rings. The molecule has 5 heteroatoms. The third-order valence-corrected chi connectivity index (χ3v) is 5.00. The molecule has 4 rings (SSSR count). The van der Waals surface area contributed by atoms with Gasteiger partial charge in [-0.05, 0) is 53.1 Å². The van der Waals surface area contributed by atoms with Crippen LogP contribution in [-0.2, 0) is 10.8 Å². The van der Waals surface area contributed by atoms with E-state index in [4.69, 9.17) is 0 Å². The Labute approximate surface area is 148 Å². The number of fused-ring (bicyclic) bond motifs is 1. The zero-order chi connectivity index (χ0) is 17.2. The Morgan fingerprint density at radius 1 is 0.800 bits per heavy atom. The van der Waals surface area contributed by atoms with Crippen LogP contribution < -0.4 is 0 Å². The molecule has 0 amide bonds. The third kappa shape index (κ3) is 3.06. The zero-order valence-electron chi connectivity index (χ0n) is 13.6. The van der Waals surface area contributed by atoms with Crippen molar-refractivity contribution in [2.24, 2.45) is 0 Å². The molecule has 0 aliphatic heterocycles. The summed E-state index contributed by atoms with van der Waals surface area (Å²) in [6.07, 6.45) is 10.5. The van der Waals surface area contributed by atoms with Crippen LogP contribution in [0.4, 0.5) is 0 Å². The first-order valence-electron chi connectivity index (χ1n) is 7.80. The van der Waals surface area contributed by atoms with Crippen LogP contribution in [0.1, 0.15) is 0 Å². The molecule has 3 heterocycles. The summed E-state index contributed by atoms with van der Waals surface area (Å²) in [4.78, 5) is 13.5. The number of aromatic nitrogens is 3.